The maximum atomic E-state index is 7.51. The monoisotopic (exact) mass is 300 g/mol. The van der Waals surface area contributed by atoms with Crippen molar-refractivity contribution in [3.63, 3.8) is 0 Å². The van der Waals surface area contributed by atoms with Crippen LogP contribution < -0.4 is 5.73 Å². The SMILES string of the molecule is N=C(N)c1ccnc(Sc2nnc(C3CC3)n2C2CC2)c1. The second-order valence-electron chi connectivity index (χ2n) is 5.61. The van der Waals surface area contributed by atoms with Gasteiger partial charge in [0.25, 0.3) is 0 Å². The van der Waals surface area contributed by atoms with Crippen LogP contribution in [0.15, 0.2) is 28.5 Å². The molecule has 2 heterocycles. The first-order valence-electron chi connectivity index (χ1n) is 7.15. The molecule has 2 fully saturated rings. The Hall–Kier alpha value is -1.89. The molecule has 0 aliphatic heterocycles. The van der Waals surface area contributed by atoms with Gasteiger partial charge in [-0.2, -0.15) is 0 Å². The van der Waals surface area contributed by atoms with Gasteiger partial charge in [-0.15, -0.1) is 10.2 Å². The Morgan fingerprint density at radius 2 is 2.10 bits per heavy atom. The van der Waals surface area contributed by atoms with E-state index in [1.165, 1.54) is 37.4 Å². The molecule has 2 aliphatic rings. The normalized spacial score (nSPS) is 17.9. The van der Waals surface area contributed by atoms with Crippen LogP contribution in [0, 0.1) is 5.41 Å². The lowest BCUT2D eigenvalue weighted by Gasteiger charge is -2.08. The Kier molecular flexibility index (Phi) is 2.95. The molecule has 0 unspecified atom stereocenters. The predicted octanol–water partition coefficient (Wildman–Crippen LogP) is 2.32. The van der Waals surface area contributed by atoms with Gasteiger partial charge in [-0.3, -0.25) is 5.41 Å². The van der Waals surface area contributed by atoms with Gasteiger partial charge in [0.15, 0.2) is 5.16 Å². The van der Waals surface area contributed by atoms with E-state index in [2.05, 4.69) is 19.7 Å². The van der Waals surface area contributed by atoms with Crippen molar-refractivity contribution in [3.8, 4) is 0 Å². The number of nitrogens with two attached hydrogens (primary N) is 1. The first kappa shape index (κ1) is 12.8. The maximum Gasteiger partial charge on any atom is 0.197 e. The van der Waals surface area contributed by atoms with Crippen LogP contribution in [0.25, 0.3) is 0 Å². The van der Waals surface area contributed by atoms with Gasteiger partial charge < -0.3 is 10.3 Å². The first-order valence-corrected chi connectivity index (χ1v) is 7.97. The molecular formula is C14H16N6S. The molecule has 0 amide bonds. The van der Waals surface area contributed by atoms with Crippen molar-refractivity contribution in [1.82, 2.24) is 19.7 Å². The van der Waals surface area contributed by atoms with Crippen molar-refractivity contribution in [1.29, 1.82) is 5.41 Å². The Morgan fingerprint density at radius 3 is 2.76 bits per heavy atom. The highest BCUT2D eigenvalue weighted by atomic mass is 32.2. The highest BCUT2D eigenvalue weighted by Gasteiger charge is 2.36. The fraction of sp³-hybridized carbons (Fsp3) is 0.429. The van der Waals surface area contributed by atoms with E-state index in [0.29, 0.717) is 17.5 Å². The minimum Gasteiger partial charge on any atom is -0.384 e. The summed E-state index contributed by atoms with van der Waals surface area (Å²) in [7, 11) is 0. The molecule has 2 aromatic heterocycles. The summed E-state index contributed by atoms with van der Waals surface area (Å²) in [5, 5.41) is 18.0. The lowest BCUT2D eigenvalue weighted by molar-refractivity contribution is 0.626. The summed E-state index contributed by atoms with van der Waals surface area (Å²) < 4.78 is 2.30. The highest BCUT2D eigenvalue weighted by molar-refractivity contribution is 7.99. The molecule has 3 N–H and O–H groups in total. The van der Waals surface area contributed by atoms with Crippen molar-refractivity contribution in [2.75, 3.05) is 0 Å². The number of pyridine rings is 1. The molecule has 0 radical (unpaired) electrons. The fourth-order valence-corrected chi connectivity index (χ4v) is 3.29. The molecule has 4 rings (SSSR count). The van der Waals surface area contributed by atoms with Gasteiger partial charge in [-0.05, 0) is 49.6 Å². The van der Waals surface area contributed by atoms with Crippen LogP contribution in [-0.2, 0) is 0 Å². The van der Waals surface area contributed by atoms with Crippen molar-refractivity contribution in [3.05, 3.63) is 29.7 Å². The molecule has 6 nitrogen and oxygen atoms in total. The zero-order valence-electron chi connectivity index (χ0n) is 11.5. The van der Waals surface area contributed by atoms with Crippen LogP contribution in [0.4, 0.5) is 0 Å². The van der Waals surface area contributed by atoms with Crippen molar-refractivity contribution in [2.24, 2.45) is 5.73 Å². The van der Waals surface area contributed by atoms with Gasteiger partial charge >= 0.3 is 0 Å². The molecule has 108 valence electrons. The number of rotatable bonds is 5. The third-order valence-corrected chi connectivity index (χ3v) is 4.68. The van der Waals surface area contributed by atoms with E-state index in [-0.39, 0.29) is 5.84 Å². The smallest absolute Gasteiger partial charge is 0.197 e. The Balaban J connectivity index is 1.65. The van der Waals surface area contributed by atoms with Gasteiger partial charge in [-0.25, -0.2) is 4.98 Å². The van der Waals surface area contributed by atoms with E-state index in [1.807, 2.05) is 6.07 Å². The summed E-state index contributed by atoms with van der Waals surface area (Å²) in [6.45, 7) is 0. The van der Waals surface area contributed by atoms with E-state index >= 15 is 0 Å². The number of amidine groups is 1. The van der Waals surface area contributed by atoms with E-state index in [9.17, 15) is 0 Å². The van der Waals surface area contributed by atoms with Crippen LogP contribution in [0.2, 0.25) is 0 Å². The topological polar surface area (TPSA) is 93.5 Å². The van der Waals surface area contributed by atoms with Crippen LogP contribution in [0.5, 0.6) is 0 Å². The van der Waals surface area contributed by atoms with Gasteiger partial charge in [0.2, 0.25) is 0 Å². The summed E-state index contributed by atoms with van der Waals surface area (Å²) in [5.41, 5.74) is 6.22. The lowest BCUT2D eigenvalue weighted by atomic mass is 10.2. The maximum absolute atomic E-state index is 7.51. The lowest BCUT2D eigenvalue weighted by Crippen LogP contribution is -2.11. The van der Waals surface area contributed by atoms with Crippen LogP contribution >= 0.6 is 11.8 Å². The van der Waals surface area contributed by atoms with Crippen molar-refractivity contribution in [2.45, 2.75) is 47.8 Å². The molecule has 0 atom stereocenters. The van der Waals surface area contributed by atoms with Gasteiger partial charge in [0, 0.05) is 23.7 Å². The standard InChI is InChI=1S/C14H16N6S/c15-12(16)9-5-6-17-11(7-9)21-14-19-18-13(8-1-2-8)20(14)10-3-4-10/h5-8,10H,1-4H2,(H3,15,16). The second-order valence-corrected chi connectivity index (χ2v) is 6.60. The number of hydrogen-bond donors (Lipinski definition) is 2. The van der Waals surface area contributed by atoms with Crippen LogP contribution in [0.1, 0.15) is 49.0 Å². The summed E-state index contributed by atoms with van der Waals surface area (Å²) in [5.74, 6) is 1.80. The largest absolute Gasteiger partial charge is 0.384 e. The number of nitrogen functional groups attached to an aromatic ring is 1. The molecule has 21 heavy (non-hydrogen) atoms. The number of nitrogens with one attached hydrogen (secondary N) is 1. The van der Waals surface area contributed by atoms with E-state index in [0.717, 1.165) is 16.0 Å². The first-order chi connectivity index (χ1) is 10.2. The van der Waals surface area contributed by atoms with E-state index in [4.69, 9.17) is 11.1 Å². The zero-order chi connectivity index (χ0) is 14.4. The predicted molar refractivity (Wildman–Crippen MR) is 79.6 cm³/mol. The van der Waals surface area contributed by atoms with Gasteiger partial charge in [0.1, 0.15) is 16.7 Å². The van der Waals surface area contributed by atoms with Crippen molar-refractivity contribution < 1.29 is 0 Å². The third-order valence-electron chi connectivity index (χ3n) is 3.79. The fourth-order valence-electron chi connectivity index (χ4n) is 2.38. The Morgan fingerprint density at radius 1 is 1.29 bits per heavy atom. The molecular weight excluding hydrogens is 284 g/mol. The molecule has 2 aromatic rings. The molecule has 7 heteroatoms. The molecule has 0 aromatic carbocycles. The number of hydrogen-bond acceptors (Lipinski definition) is 5. The quantitative estimate of drug-likeness (QED) is 0.653. The molecule has 0 saturated heterocycles. The third kappa shape index (κ3) is 2.53. The Labute approximate surface area is 126 Å². The summed E-state index contributed by atoms with van der Waals surface area (Å²) >= 11 is 1.51. The molecule has 2 aliphatic carbocycles. The van der Waals surface area contributed by atoms with Crippen LogP contribution in [0.3, 0.4) is 0 Å². The molecule has 0 bridgehead atoms. The van der Waals surface area contributed by atoms with Crippen molar-refractivity contribution >= 4 is 17.6 Å². The summed E-state index contributed by atoms with van der Waals surface area (Å²) in [6.07, 6.45) is 6.57. The van der Waals surface area contributed by atoms with E-state index < -0.39 is 0 Å². The molecule has 0 spiro atoms. The minimum absolute atomic E-state index is 0.0570. The summed E-state index contributed by atoms with van der Waals surface area (Å²) in [6, 6.07) is 4.14. The second kappa shape index (κ2) is 4.84. The average molecular weight is 300 g/mol. The van der Waals surface area contributed by atoms with Gasteiger partial charge in [-0.1, -0.05) is 0 Å². The Bertz CT molecular complexity index is 701. The number of aromatic nitrogens is 4. The summed E-state index contributed by atoms with van der Waals surface area (Å²) in [4.78, 5) is 4.34. The van der Waals surface area contributed by atoms with Crippen LogP contribution in [-0.4, -0.2) is 25.6 Å². The highest BCUT2D eigenvalue weighted by Crippen LogP contribution is 2.46. The van der Waals surface area contributed by atoms with Gasteiger partial charge in [0.05, 0.1) is 0 Å². The number of nitrogens with zero attached hydrogens (tertiary/aromatic N) is 4. The molecule has 2 saturated carbocycles. The zero-order valence-corrected chi connectivity index (χ0v) is 12.3. The average Bonchev–Trinajstić information content (AvgIpc) is 3.39. The minimum atomic E-state index is 0.0570. The van der Waals surface area contributed by atoms with E-state index in [1.54, 1.807) is 12.3 Å².